The van der Waals surface area contributed by atoms with Crippen LogP contribution in [0.2, 0.25) is 18.1 Å². The molecular formula is C24H42O3Si. The van der Waals surface area contributed by atoms with E-state index in [9.17, 15) is 4.79 Å². The Bertz CT molecular complexity index is 563. The minimum absolute atomic E-state index is 0.0165. The summed E-state index contributed by atoms with van der Waals surface area (Å²) in [5.41, 5.74) is 1.21. The molecule has 1 aromatic carbocycles. The molecular weight excluding hydrogens is 364 g/mol. The number of carbonyl (C=O) groups excluding carboxylic acids is 1. The van der Waals surface area contributed by atoms with Gasteiger partial charge in [-0.25, -0.2) is 0 Å². The molecule has 4 heteroatoms. The molecule has 0 saturated carbocycles. The number of hydrogen-bond acceptors (Lipinski definition) is 3. The Balaban J connectivity index is 2.66. The summed E-state index contributed by atoms with van der Waals surface area (Å²) in [5, 5.41) is 0.152. The Hall–Kier alpha value is -0.973. The van der Waals surface area contributed by atoms with Crippen molar-refractivity contribution in [3.05, 3.63) is 35.9 Å². The number of carbonyl (C=O) groups is 1. The lowest BCUT2D eigenvalue weighted by Gasteiger charge is -2.39. The maximum absolute atomic E-state index is 11.2. The van der Waals surface area contributed by atoms with Crippen molar-refractivity contribution >= 4 is 14.6 Å². The van der Waals surface area contributed by atoms with Crippen molar-refractivity contribution in [2.24, 2.45) is 11.8 Å². The maximum atomic E-state index is 11.2. The number of aldehydes is 1. The normalized spacial score (nSPS) is 16.0. The van der Waals surface area contributed by atoms with Gasteiger partial charge in [0.1, 0.15) is 6.29 Å². The fourth-order valence-corrected chi connectivity index (χ4v) is 4.72. The first kappa shape index (κ1) is 25.1. The molecule has 0 unspecified atom stereocenters. The monoisotopic (exact) mass is 406 g/mol. The topological polar surface area (TPSA) is 35.5 Å². The Kier molecular flexibility index (Phi) is 10.1. The number of rotatable bonds is 12. The fourth-order valence-electron chi connectivity index (χ4n) is 3.32. The average Bonchev–Trinajstić information content (AvgIpc) is 2.59. The van der Waals surface area contributed by atoms with Gasteiger partial charge in [0.2, 0.25) is 0 Å². The Morgan fingerprint density at radius 3 is 2.14 bits per heavy atom. The van der Waals surface area contributed by atoms with Crippen LogP contribution in [0.25, 0.3) is 0 Å². The molecule has 28 heavy (non-hydrogen) atoms. The molecule has 0 saturated heterocycles. The second-order valence-corrected chi connectivity index (χ2v) is 14.7. The van der Waals surface area contributed by atoms with Gasteiger partial charge < -0.3 is 14.0 Å². The zero-order valence-corrected chi connectivity index (χ0v) is 20.3. The van der Waals surface area contributed by atoms with Crippen LogP contribution in [0, 0.1) is 11.8 Å². The third-order valence-corrected chi connectivity index (χ3v) is 10.6. The van der Waals surface area contributed by atoms with Crippen molar-refractivity contribution in [3.8, 4) is 0 Å². The van der Waals surface area contributed by atoms with Crippen LogP contribution >= 0.6 is 0 Å². The average molecular weight is 407 g/mol. The minimum atomic E-state index is -1.88. The standard InChI is InChI=1S/C24H42O3Si/c1-19(2)23(26-18-21-12-10-9-11-13-21)20(3)14-15-22(16-17-25)27-28(7,8)24(4,5)6/h9-13,17,19-20,22-23H,14-16,18H2,1-8H3/t20-,22-,23-/m0/s1. The largest absolute Gasteiger partial charge is 0.414 e. The maximum Gasteiger partial charge on any atom is 0.192 e. The van der Waals surface area contributed by atoms with Crippen molar-refractivity contribution in [2.75, 3.05) is 0 Å². The summed E-state index contributed by atoms with van der Waals surface area (Å²) >= 11 is 0. The van der Waals surface area contributed by atoms with Gasteiger partial charge in [-0.2, -0.15) is 0 Å². The molecule has 0 bridgehead atoms. The van der Waals surface area contributed by atoms with Crippen LogP contribution in [0.4, 0.5) is 0 Å². The lowest BCUT2D eigenvalue weighted by molar-refractivity contribution is -0.109. The van der Waals surface area contributed by atoms with Crippen LogP contribution in [-0.2, 0) is 20.6 Å². The van der Waals surface area contributed by atoms with Gasteiger partial charge in [-0.05, 0) is 48.4 Å². The van der Waals surface area contributed by atoms with Crippen molar-refractivity contribution in [2.45, 2.75) is 97.8 Å². The van der Waals surface area contributed by atoms with Crippen molar-refractivity contribution in [1.29, 1.82) is 0 Å². The predicted molar refractivity (Wildman–Crippen MR) is 121 cm³/mol. The first-order chi connectivity index (χ1) is 13.0. The molecule has 0 aliphatic heterocycles. The summed E-state index contributed by atoms with van der Waals surface area (Å²) in [6.07, 6.45) is 3.62. The highest BCUT2D eigenvalue weighted by molar-refractivity contribution is 6.74. The van der Waals surface area contributed by atoms with E-state index in [4.69, 9.17) is 9.16 Å². The summed E-state index contributed by atoms with van der Waals surface area (Å²) in [4.78, 5) is 11.2. The van der Waals surface area contributed by atoms with E-state index in [-0.39, 0.29) is 17.2 Å². The molecule has 0 aliphatic carbocycles. The lowest BCUT2D eigenvalue weighted by atomic mass is 9.89. The first-order valence-electron chi connectivity index (χ1n) is 10.7. The van der Waals surface area contributed by atoms with Crippen LogP contribution in [0.15, 0.2) is 30.3 Å². The quantitative estimate of drug-likeness (QED) is 0.289. The fraction of sp³-hybridized carbons (Fsp3) is 0.708. The molecule has 0 spiro atoms. The van der Waals surface area contributed by atoms with Crippen LogP contribution in [0.5, 0.6) is 0 Å². The summed E-state index contributed by atoms with van der Waals surface area (Å²) in [6.45, 7) is 18.6. The van der Waals surface area contributed by atoms with Gasteiger partial charge in [0.25, 0.3) is 0 Å². The van der Waals surface area contributed by atoms with Crippen LogP contribution in [0.1, 0.15) is 66.4 Å². The van der Waals surface area contributed by atoms with Gasteiger partial charge in [0, 0.05) is 6.42 Å². The molecule has 0 N–H and O–H groups in total. The number of hydrogen-bond donors (Lipinski definition) is 0. The third-order valence-electron chi connectivity index (χ3n) is 6.07. The molecule has 0 fully saturated rings. The van der Waals surface area contributed by atoms with E-state index >= 15 is 0 Å². The Morgan fingerprint density at radius 1 is 1.04 bits per heavy atom. The van der Waals surface area contributed by atoms with Gasteiger partial charge in [0.15, 0.2) is 8.32 Å². The molecule has 0 aliphatic rings. The zero-order valence-electron chi connectivity index (χ0n) is 19.3. The molecule has 1 rings (SSSR count). The van der Waals surface area contributed by atoms with Gasteiger partial charge in [-0.15, -0.1) is 0 Å². The lowest BCUT2D eigenvalue weighted by Crippen LogP contribution is -2.44. The Labute approximate surface area is 174 Å². The molecule has 0 radical (unpaired) electrons. The number of ether oxygens (including phenoxy) is 1. The Morgan fingerprint density at radius 2 is 1.64 bits per heavy atom. The second kappa shape index (κ2) is 11.3. The molecule has 1 aromatic rings. The SMILES string of the molecule is CC(C)[C@H](OCc1ccccc1)[C@@H](C)CC[C@@H](CC=O)O[Si](C)(C)C(C)(C)C. The molecule has 0 amide bonds. The van der Waals surface area contributed by atoms with E-state index in [0.29, 0.717) is 24.9 Å². The van der Waals surface area contributed by atoms with E-state index in [1.165, 1.54) is 5.56 Å². The number of benzene rings is 1. The smallest absolute Gasteiger partial charge is 0.192 e. The highest BCUT2D eigenvalue weighted by Gasteiger charge is 2.39. The summed E-state index contributed by atoms with van der Waals surface area (Å²) in [7, 11) is -1.88. The van der Waals surface area contributed by atoms with Gasteiger partial charge in [0.05, 0.1) is 18.8 Å². The highest BCUT2D eigenvalue weighted by atomic mass is 28.4. The minimum Gasteiger partial charge on any atom is -0.414 e. The molecule has 3 nitrogen and oxygen atoms in total. The zero-order chi connectivity index (χ0) is 21.4. The first-order valence-corrected chi connectivity index (χ1v) is 13.7. The molecule has 0 aromatic heterocycles. The van der Waals surface area contributed by atoms with Gasteiger partial charge in [-0.3, -0.25) is 0 Å². The van der Waals surface area contributed by atoms with Crippen molar-refractivity contribution in [3.63, 3.8) is 0 Å². The summed E-state index contributed by atoms with van der Waals surface area (Å²) in [5.74, 6) is 0.866. The van der Waals surface area contributed by atoms with Crippen LogP contribution < -0.4 is 0 Å². The van der Waals surface area contributed by atoms with E-state index < -0.39 is 8.32 Å². The second-order valence-electron chi connectivity index (χ2n) is 9.96. The third kappa shape index (κ3) is 8.18. The van der Waals surface area contributed by atoms with E-state index in [1.807, 2.05) is 6.07 Å². The molecule has 160 valence electrons. The summed E-state index contributed by atoms with van der Waals surface area (Å²) in [6, 6.07) is 10.3. The molecule has 0 heterocycles. The van der Waals surface area contributed by atoms with Gasteiger partial charge in [-0.1, -0.05) is 71.9 Å². The van der Waals surface area contributed by atoms with Gasteiger partial charge >= 0.3 is 0 Å². The van der Waals surface area contributed by atoms with Crippen LogP contribution in [-0.4, -0.2) is 26.8 Å². The predicted octanol–water partition coefficient (Wildman–Crippen LogP) is 6.62. The summed E-state index contributed by atoms with van der Waals surface area (Å²) < 4.78 is 12.8. The van der Waals surface area contributed by atoms with Crippen molar-refractivity contribution < 1.29 is 14.0 Å². The van der Waals surface area contributed by atoms with Crippen molar-refractivity contribution in [1.82, 2.24) is 0 Å². The van der Waals surface area contributed by atoms with E-state index in [1.54, 1.807) is 0 Å². The highest BCUT2D eigenvalue weighted by Crippen LogP contribution is 2.38. The van der Waals surface area contributed by atoms with E-state index in [0.717, 1.165) is 19.1 Å². The van der Waals surface area contributed by atoms with Crippen LogP contribution in [0.3, 0.4) is 0 Å². The van der Waals surface area contributed by atoms with E-state index in [2.05, 4.69) is 78.9 Å². The molecule has 3 atom stereocenters.